The van der Waals surface area contributed by atoms with Gasteiger partial charge in [-0.25, -0.2) is 4.79 Å². The zero-order valence-electron chi connectivity index (χ0n) is 21.2. The third-order valence-electron chi connectivity index (χ3n) is 5.34. The van der Waals surface area contributed by atoms with Crippen molar-refractivity contribution in [3.05, 3.63) is 29.3 Å². The van der Waals surface area contributed by atoms with Crippen molar-refractivity contribution in [3.63, 3.8) is 0 Å². The van der Waals surface area contributed by atoms with E-state index < -0.39 is 59.7 Å². The standard InChI is InChI=1S/C24H29N5O9/c1-24(2,3)38-23(36)25-9-10-37-12-18(32)26-11-17(31)27-14-6-4-5-13-19(14)22(35)29(21(13)34)15-7-8-16(30)28-20(15)33/h4-6,15H,7-12H2,1-3H3,(H,25,36)(H,26,32)(H,27,31)(H,28,30,33). The van der Waals surface area contributed by atoms with Gasteiger partial charge >= 0.3 is 6.09 Å². The number of rotatable bonds is 9. The van der Waals surface area contributed by atoms with Crippen LogP contribution in [-0.2, 0) is 28.7 Å². The van der Waals surface area contributed by atoms with Crippen molar-refractivity contribution in [2.24, 2.45) is 0 Å². The number of anilines is 1. The summed E-state index contributed by atoms with van der Waals surface area (Å²) < 4.78 is 10.2. The smallest absolute Gasteiger partial charge is 0.407 e. The molecule has 4 N–H and O–H groups in total. The zero-order valence-corrected chi connectivity index (χ0v) is 21.2. The lowest BCUT2D eigenvalue weighted by atomic mass is 10.0. The topological polar surface area (TPSA) is 189 Å². The number of piperidine rings is 1. The first-order chi connectivity index (χ1) is 17.9. The average Bonchev–Trinajstić information content (AvgIpc) is 3.07. The number of fused-ring (bicyclic) bond motifs is 1. The SMILES string of the molecule is CC(C)(C)OC(=O)NCCOCC(=O)NCC(=O)Nc1cccc2c1C(=O)N(C1CCC(=O)NC1=O)C2=O. The van der Waals surface area contributed by atoms with Crippen LogP contribution >= 0.6 is 0 Å². The van der Waals surface area contributed by atoms with Crippen LogP contribution in [0.5, 0.6) is 0 Å². The van der Waals surface area contributed by atoms with Crippen molar-refractivity contribution in [1.82, 2.24) is 20.9 Å². The maximum atomic E-state index is 13.1. The number of nitrogens with one attached hydrogen (secondary N) is 4. The number of hydrogen-bond acceptors (Lipinski definition) is 9. The average molecular weight is 532 g/mol. The summed E-state index contributed by atoms with van der Waals surface area (Å²) in [5, 5.41) is 9.43. The molecule has 0 radical (unpaired) electrons. The molecule has 1 fully saturated rings. The lowest BCUT2D eigenvalue weighted by Crippen LogP contribution is -2.54. The van der Waals surface area contributed by atoms with Crippen LogP contribution in [0.1, 0.15) is 54.3 Å². The molecule has 38 heavy (non-hydrogen) atoms. The molecule has 0 bridgehead atoms. The Hall–Kier alpha value is -4.33. The molecule has 3 rings (SSSR count). The highest BCUT2D eigenvalue weighted by Crippen LogP contribution is 2.32. The molecule has 1 aromatic carbocycles. The summed E-state index contributed by atoms with van der Waals surface area (Å²) in [6.45, 7) is 4.52. The van der Waals surface area contributed by atoms with Gasteiger partial charge < -0.3 is 25.4 Å². The molecule has 1 atom stereocenters. The Balaban J connectivity index is 1.47. The van der Waals surface area contributed by atoms with Crippen LogP contribution in [0.3, 0.4) is 0 Å². The minimum absolute atomic E-state index is 0.00297. The highest BCUT2D eigenvalue weighted by molar-refractivity contribution is 6.26. The van der Waals surface area contributed by atoms with Gasteiger partial charge in [0.2, 0.25) is 23.6 Å². The van der Waals surface area contributed by atoms with Crippen molar-refractivity contribution < 1.29 is 43.0 Å². The van der Waals surface area contributed by atoms with Crippen LogP contribution in [0.4, 0.5) is 10.5 Å². The maximum absolute atomic E-state index is 13.1. The van der Waals surface area contributed by atoms with Gasteiger partial charge in [0.15, 0.2) is 0 Å². The van der Waals surface area contributed by atoms with E-state index in [0.717, 1.165) is 4.90 Å². The Morgan fingerprint density at radius 2 is 1.79 bits per heavy atom. The van der Waals surface area contributed by atoms with E-state index in [1.165, 1.54) is 18.2 Å². The predicted molar refractivity (Wildman–Crippen MR) is 130 cm³/mol. The van der Waals surface area contributed by atoms with Crippen LogP contribution < -0.4 is 21.3 Å². The van der Waals surface area contributed by atoms with Crippen molar-refractivity contribution in [1.29, 1.82) is 0 Å². The summed E-state index contributed by atoms with van der Waals surface area (Å²) in [5.41, 5.74) is -0.668. The molecule has 0 aliphatic carbocycles. The molecule has 7 amide bonds. The second-order valence-electron chi connectivity index (χ2n) is 9.48. The lowest BCUT2D eigenvalue weighted by Gasteiger charge is -2.27. The van der Waals surface area contributed by atoms with Gasteiger partial charge in [-0.15, -0.1) is 0 Å². The van der Waals surface area contributed by atoms with Crippen molar-refractivity contribution in [2.45, 2.75) is 45.3 Å². The number of nitrogens with zero attached hydrogens (tertiary/aromatic N) is 1. The molecule has 1 aromatic rings. The predicted octanol–water partition coefficient (Wildman–Crippen LogP) is -0.316. The summed E-state index contributed by atoms with van der Waals surface area (Å²) in [6, 6.07) is 3.14. The Labute approximate surface area is 217 Å². The second kappa shape index (κ2) is 11.8. The fourth-order valence-electron chi connectivity index (χ4n) is 3.75. The van der Waals surface area contributed by atoms with E-state index in [4.69, 9.17) is 9.47 Å². The van der Waals surface area contributed by atoms with E-state index in [0.29, 0.717) is 0 Å². The van der Waals surface area contributed by atoms with Gasteiger partial charge in [0, 0.05) is 13.0 Å². The highest BCUT2D eigenvalue weighted by Gasteiger charge is 2.45. The molecule has 1 saturated heterocycles. The molecular weight excluding hydrogens is 502 g/mol. The third-order valence-corrected chi connectivity index (χ3v) is 5.34. The Kier molecular flexibility index (Phi) is 8.78. The van der Waals surface area contributed by atoms with Crippen LogP contribution in [-0.4, -0.2) is 84.4 Å². The maximum Gasteiger partial charge on any atom is 0.407 e. The quantitative estimate of drug-likeness (QED) is 0.244. The van der Waals surface area contributed by atoms with E-state index in [2.05, 4.69) is 21.3 Å². The number of benzene rings is 1. The molecule has 0 saturated carbocycles. The molecule has 2 aliphatic heterocycles. The van der Waals surface area contributed by atoms with E-state index >= 15 is 0 Å². The Morgan fingerprint density at radius 1 is 1.05 bits per heavy atom. The van der Waals surface area contributed by atoms with E-state index in [9.17, 15) is 33.6 Å². The molecule has 2 aliphatic rings. The first-order valence-electron chi connectivity index (χ1n) is 11.8. The van der Waals surface area contributed by atoms with Crippen LogP contribution in [0.2, 0.25) is 0 Å². The van der Waals surface area contributed by atoms with Crippen LogP contribution in [0.15, 0.2) is 18.2 Å². The number of amides is 7. The molecule has 14 nitrogen and oxygen atoms in total. The molecular formula is C24H29N5O9. The minimum Gasteiger partial charge on any atom is -0.444 e. The molecule has 204 valence electrons. The van der Waals surface area contributed by atoms with Gasteiger partial charge in [0.25, 0.3) is 11.8 Å². The number of carbonyl (C=O) groups is 7. The van der Waals surface area contributed by atoms with Crippen LogP contribution in [0.25, 0.3) is 0 Å². The fraction of sp³-hybridized carbons (Fsp3) is 0.458. The second-order valence-corrected chi connectivity index (χ2v) is 9.48. The van der Waals surface area contributed by atoms with E-state index in [1.54, 1.807) is 20.8 Å². The number of imide groups is 2. The molecule has 0 spiro atoms. The van der Waals surface area contributed by atoms with Gasteiger partial charge in [0.1, 0.15) is 18.2 Å². The highest BCUT2D eigenvalue weighted by atomic mass is 16.6. The summed E-state index contributed by atoms with van der Waals surface area (Å²) in [5.74, 6) is -3.97. The largest absolute Gasteiger partial charge is 0.444 e. The lowest BCUT2D eigenvalue weighted by molar-refractivity contribution is -0.136. The fourth-order valence-corrected chi connectivity index (χ4v) is 3.75. The molecule has 1 unspecified atom stereocenters. The summed E-state index contributed by atoms with van der Waals surface area (Å²) in [7, 11) is 0. The Morgan fingerprint density at radius 3 is 2.47 bits per heavy atom. The first kappa shape index (κ1) is 28.2. The summed E-state index contributed by atoms with van der Waals surface area (Å²) in [6.07, 6.45) is -0.630. The van der Waals surface area contributed by atoms with Gasteiger partial charge in [-0.05, 0) is 39.3 Å². The number of hydrogen-bond donors (Lipinski definition) is 4. The number of carbonyl (C=O) groups excluding carboxylic acids is 7. The monoisotopic (exact) mass is 531 g/mol. The summed E-state index contributed by atoms with van der Waals surface area (Å²) >= 11 is 0. The summed E-state index contributed by atoms with van der Waals surface area (Å²) in [4.78, 5) is 86.2. The molecule has 14 heteroatoms. The van der Waals surface area contributed by atoms with Gasteiger partial charge in [-0.3, -0.25) is 39.0 Å². The van der Waals surface area contributed by atoms with Gasteiger partial charge in [-0.2, -0.15) is 0 Å². The normalized spacial score (nSPS) is 17.0. The molecule has 2 heterocycles. The molecule has 0 aromatic heterocycles. The van der Waals surface area contributed by atoms with Gasteiger partial charge in [-0.1, -0.05) is 6.07 Å². The Bertz CT molecular complexity index is 1170. The van der Waals surface area contributed by atoms with Crippen LogP contribution in [0, 0.1) is 0 Å². The van der Waals surface area contributed by atoms with E-state index in [1.807, 2.05) is 0 Å². The first-order valence-corrected chi connectivity index (χ1v) is 11.8. The van der Waals surface area contributed by atoms with Gasteiger partial charge in [0.05, 0.1) is 30.0 Å². The third kappa shape index (κ3) is 7.12. The van der Waals surface area contributed by atoms with Crippen molar-refractivity contribution >= 4 is 47.2 Å². The minimum atomic E-state index is -1.14. The van der Waals surface area contributed by atoms with Crippen molar-refractivity contribution in [2.75, 3.05) is 31.6 Å². The number of alkyl carbamates (subject to hydrolysis) is 1. The van der Waals surface area contributed by atoms with E-state index in [-0.39, 0.29) is 49.4 Å². The zero-order chi connectivity index (χ0) is 28.0. The number of ether oxygens (including phenoxy) is 2. The van der Waals surface area contributed by atoms with Crippen molar-refractivity contribution in [3.8, 4) is 0 Å².